The molecule has 4 aromatic rings. The maximum absolute atomic E-state index is 14.7. The Morgan fingerprint density at radius 1 is 1.11 bits per heavy atom. The Morgan fingerprint density at radius 3 is 2.63 bits per heavy atom. The minimum atomic E-state index is -2.83. The molecule has 12 heteroatoms. The number of anilines is 2. The zero-order valence-corrected chi connectivity index (χ0v) is 28.6. The van der Waals surface area contributed by atoms with Gasteiger partial charge >= 0.3 is 0 Å². The molecule has 0 saturated carbocycles. The van der Waals surface area contributed by atoms with Crippen molar-refractivity contribution in [2.75, 3.05) is 16.8 Å². The number of nitrogens with one attached hydrogen (secondary N) is 1. The van der Waals surface area contributed by atoms with Crippen LogP contribution < -0.4 is 10.2 Å². The number of aliphatic hydroxyl groups excluding tert-OH is 1. The van der Waals surface area contributed by atoms with Gasteiger partial charge in [0.25, 0.3) is 11.8 Å². The topological polar surface area (TPSA) is 130 Å². The zero-order valence-electron chi connectivity index (χ0n) is 26.1. The van der Waals surface area contributed by atoms with Crippen LogP contribution in [0.15, 0.2) is 83.5 Å². The van der Waals surface area contributed by atoms with Gasteiger partial charge in [0.15, 0.2) is 13.9 Å². The molecule has 2 aliphatic heterocycles. The smallest absolute Gasteiger partial charge is 0.264 e. The number of aromatic nitrogens is 3. The van der Waals surface area contributed by atoms with Gasteiger partial charge in [-0.15, -0.1) is 5.10 Å². The summed E-state index contributed by atoms with van der Waals surface area (Å²) < 4.78 is 9.49. The monoisotopic (exact) mass is 703 g/mol. The van der Waals surface area contributed by atoms with Crippen LogP contribution in [0.2, 0.25) is 18.6 Å². The molecule has 0 aliphatic carbocycles. The minimum absolute atomic E-state index is 0.00294. The van der Waals surface area contributed by atoms with Crippen LogP contribution in [0.3, 0.4) is 0 Å². The molecule has 3 aromatic carbocycles. The number of aliphatic hydroxyl groups is 1. The van der Waals surface area contributed by atoms with E-state index in [9.17, 15) is 19.5 Å². The number of ether oxygens (including phenoxy) is 1. The molecule has 0 radical (unpaired) electrons. The lowest BCUT2D eigenvalue weighted by atomic mass is 9.82. The fourth-order valence-electron chi connectivity index (χ4n) is 7.14. The Bertz CT molecular complexity index is 1750. The van der Waals surface area contributed by atoms with Crippen molar-refractivity contribution in [2.24, 2.45) is 5.92 Å². The molecule has 1 aromatic heterocycles. The number of hydrogen-bond acceptors (Lipinski definition) is 7. The zero-order chi connectivity index (χ0) is 32.6. The summed E-state index contributed by atoms with van der Waals surface area (Å²) in [6.07, 6.45) is 2.39. The van der Waals surface area contributed by atoms with Crippen molar-refractivity contribution in [3.05, 3.63) is 106 Å². The Morgan fingerprint density at radius 2 is 1.89 bits per heavy atom. The third kappa shape index (κ3) is 6.07. The molecule has 3 heterocycles. The lowest BCUT2D eigenvalue weighted by Crippen LogP contribution is -2.46. The third-order valence-corrected chi connectivity index (χ3v) is 12.1. The number of carbonyl (C=O) groups excluding carboxylic acids is 2. The van der Waals surface area contributed by atoms with E-state index >= 15 is 0 Å². The number of amides is 2. The fourth-order valence-corrected chi connectivity index (χ4v) is 10.1. The summed E-state index contributed by atoms with van der Waals surface area (Å²) >= 11 is 3.62. The van der Waals surface area contributed by atoms with Crippen molar-refractivity contribution in [3.8, 4) is 0 Å². The summed E-state index contributed by atoms with van der Waals surface area (Å²) in [7, 11) is -2.83. The average molecular weight is 705 g/mol. The summed E-state index contributed by atoms with van der Waals surface area (Å²) in [5, 5.41) is 20.5. The maximum Gasteiger partial charge on any atom is 0.264 e. The molecule has 1 spiro atoms. The van der Waals surface area contributed by atoms with Crippen molar-refractivity contribution in [1.29, 1.82) is 0 Å². The Kier molecular flexibility index (Phi) is 9.01. The number of halogens is 1. The van der Waals surface area contributed by atoms with E-state index in [0.717, 1.165) is 21.3 Å². The largest absolute Gasteiger partial charge is 0.432 e. The van der Waals surface area contributed by atoms with E-state index in [1.807, 2.05) is 86.9 Å². The summed E-state index contributed by atoms with van der Waals surface area (Å²) in [4.78, 5) is 40.9. The molecule has 6 rings (SSSR count). The number of carbonyl (C=O) groups is 2. The molecule has 46 heavy (non-hydrogen) atoms. The lowest BCUT2D eigenvalue weighted by Gasteiger charge is -2.32. The number of benzene rings is 3. The highest BCUT2D eigenvalue weighted by Gasteiger charge is 2.66. The van der Waals surface area contributed by atoms with E-state index in [-0.39, 0.29) is 42.5 Å². The van der Waals surface area contributed by atoms with Gasteiger partial charge < -0.3 is 24.9 Å². The first kappa shape index (κ1) is 32.3. The SMILES string of the molecule is C[C@@H]1[C@@H]([Si](C)(C)O)[C@H](CCn2cc(CCO)nn2)O[C@@]12C(=O)N(Cc1cccc(NC(=O)c3ccccc3)c1)c1ccc(Br)cc12. The number of nitrogens with zero attached hydrogens (tertiary/aromatic N) is 4. The van der Waals surface area contributed by atoms with Gasteiger partial charge in [0.05, 0.1) is 24.0 Å². The van der Waals surface area contributed by atoms with E-state index in [1.54, 1.807) is 21.7 Å². The van der Waals surface area contributed by atoms with Crippen molar-refractivity contribution in [3.63, 3.8) is 0 Å². The van der Waals surface area contributed by atoms with Crippen LogP contribution in [0.1, 0.15) is 40.5 Å². The van der Waals surface area contributed by atoms with Crippen molar-refractivity contribution in [1.82, 2.24) is 15.0 Å². The van der Waals surface area contributed by atoms with Gasteiger partial charge in [-0.2, -0.15) is 0 Å². The molecule has 10 nitrogen and oxygen atoms in total. The second-order valence-corrected chi connectivity index (χ2v) is 17.6. The molecule has 4 atom stereocenters. The molecule has 1 fully saturated rings. The third-order valence-electron chi connectivity index (χ3n) is 9.10. The highest BCUT2D eigenvalue weighted by Crippen LogP contribution is 2.60. The maximum atomic E-state index is 14.7. The highest BCUT2D eigenvalue weighted by atomic mass is 79.9. The second-order valence-electron chi connectivity index (χ2n) is 12.7. The summed E-state index contributed by atoms with van der Waals surface area (Å²) in [6.45, 7) is 6.62. The summed E-state index contributed by atoms with van der Waals surface area (Å²) in [6, 6.07) is 22.4. The molecule has 3 N–H and O–H groups in total. The molecule has 240 valence electrons. The first-order valence-corrected chi connectivity index (χ1v) is 19.3. The van der Waals surface area contributed by atoms with E-state index in [1.165, 1.54) is 0 Å². The fraction of sp³-hybridized carbons (Fsp3) is 0.353. The standard InChI is InChI=1S/C34H38BrN5O5Si/c1-22-31(46(2,3)44)30(14-16-39-21-27(15-17-41)37-38-39)45-34(22)28-19-25(35)12-13-29(28)40(33(34)43)20-23-8-7-11-26(18-23)36-32(42)24-9-5-4-6-10-24/h4-13,18-19,21-22,30-31,41,44H,14-17,20H2,1-3H3,(H,36,42)/t22-,30+,31-,34+/m1/s1. The quantitative estimate of drug-likeness (QED) is 0.192. The van der Waals surface area contributed by atoms with Gasteiger partial charge in [-0.25, -0.2) is 0 Å². The number of hydrogen-bond donors (Lipinski definition) is 3. The van der Waals surface area contributed by atoms with Crippen LogP contribution >= 0.6 is 15.9 Å². The van der Waals surface area contributed by atoms with Crippen LogP contribution in [0.5, 0.6) is 0 Å². The molecule has 0 bridgehead atoms. The Balaban J connectivity index is 1.29. The van der Waals surface area contributed by atoms with Crippen LogP contribution in [0.25, 0.3) is 0 Å². The van der Waals surface area contributed by atoms with Crippen LogP contribution in [0.4, 0.5) is 11.4 Å². The number of aryl methyl sites for hydroxylation is 1. The van der Waals surface area contributed by atoms with Crippen molar-refractivity contribution in [2.45, 2.75) is 63.2 Å². The first-order valence-electron chi connectivity index (χ1n) is 15.5. The van der Waals surface area contributed by atoms with Crippen molar-refractivity contribution >= 4 is 47.4 Å². The van der Waals surface area contributed by atoms with Gasteiger partial charge in [-0.3, -0.25) is 14.3 Å². The molecular weight excluding hydrogens is 666 g/mol. The normalized spacial score (nSPS) is 22.4. The molecule has 2 amide bonds. The van der Waals surface area contributed by atoms with E-state index in [0.29, 0.717) is 36.3 Å². The Labute approximate surface area is 277 Å². The second kappa shape index (κ2) is 12.8. The molecule has 1 saturated heterocycles. The van der Waals surface area contributed by atoms with E-state index in [2.05, 4.69) is 31.6 Å². The summed E-state index contributed by atoms with van der Waals surface area (Å²) in [5.74, 6) is -0.670. The average Bonchev–Trinajstić information content (AvgIpc) is 3.67. The minimum Gasteiger partial charge on any atom is -0.432 e. The lowest BCUT2D eigenvalue weighted by molar-refractivity contribution is -0.146. The van der Waals surface area contributed by atoms with E-state index in [4.69, 9.17) is 4.74 Å². The van der Waals surface area contributed by atoms with Gasteiger partial charge in [0, 0.05) is 58.5 Å². The molecular formula is C34H38BrN5O5Si. The van der Waals surface area contributed by atoms with E-state index < -0.39 is 13.9 Å². The predicted molar refractivity (Wildman–Crippen MR) is 181 cm³/mol. The van der Waals surface area contributed by atoms with Gasteiger partial charge in [-0.1, -0.05) is 58.4 Å². The van der Waals surface area contributed by atoms with Crippen LogP contribution in [0, 0.1) is 5.92 Å². The van der Waals surface area contributed by atoms with Crippen LogP contribution in [-0.2, 0) is 34.6 Å². The first-order chi connectivity index (χ1) is 22.0. The van der Waals surface area contributed by atoms with Gasteiger partial charge in [0.2, 0.25) is 0 Å². The Hall–Kier alpha value is -3.68. The van der Waals surface area contributed by atoms with Crippen LogP contribution in [-0.4, -0.2) is 57.7 Å². The van der Waals surface area contributed by atoms with Crippen molar-refractivity contribution < 1.29 is 24.2 Å². The highest BCUT2D eigenvalue weighted by molar-refractivity contribution is 9.10. The summed E-state index contributed by atoms with van der Waals surface area (Å²) in [5.41, 5.74) is 2.81. The predicted octanol–water partition coefficient (Wildman–Crippen LogP) is 5.26. The molecule has 0 unspecified atom stereocenters. The van der Waals surface area contributed by atoms with Gasteiger partial charge in [-0.05, 0) is 67.5 Å². The number of fused-ring (bicyclic) bond motifs is 2. The number of rotatable bonds is 10. The van der Waals surface area contributed by atoms with Gasteiger partial charge in [0.1, 0.15) is 0 Å². The molecule has 2 aliphatic rings.